The van der Waals surface area contributed by atoms with Gasteiger partial charge >= 0.3 is 0 Å². The lowest BCUT2D eigenvalue weighted by atomic mass is 10.1. The highest BCUT2D eigenvalue weighted by Gasteiger charge is 2.14. The number of benzene rings is 2. The van der Waals surface area contributed by atoms with Crippen LogP contribution in [0.25, 0.3) is 10.9 Å². The molecule has 2 N–H and O–H groups in total. The second kappa shape index (κ2) is 6.46. The van der Waals surface area contributed by atoms with Crippen LogP contribution in [0.1, 0.15) is 5.56 Å². The summed E-state index contributed by atoms with van der Waals surface area (Å²) in [6.45, 7) is -0.0888. The van der Waals surface area contributed by atoms with Crippen molar-refractivity contribution in [3.63, 3.8) is 0 Å². The quantitative estimate of drug-likeness (QED) is 0.741. The highest BCUT2D eigenvalue weighted by atomic mass is 32.2. The minimum Gasteiger partial charge on any atom is -0.497 e. The maximum Gasteiger partial charge on any atom is 0.252 e. The van der Waals surface area contributed by atoms with Crippen LogP contribution in [0.5, 0.6) is 5.75 Å². The molecule has 24 heavy (non-hydrogen) atoms. The lowest BCUT2D eigenvalue weighted by molar-refractivity contribution is 0.415. The van der Waals surface area contributed by atoms with E-state index in [9.17, 15) is 13.2 Å². The smallest absolute Gasteiger partial charge is 0.252 e. The summed E-state index contributed by atoms with van der Waals surface area (Å²) in [6, 6.07) is 15.0. The van der Waals surface area contributed by atoms with Crippen molar-refractivity contribution in [3.8, 4) is 5.75 Å². The van der Waals surface area contributed by atoms with Crippen LogP contribution in [0.4, 0.5) is 0 Å². The SMILES string of the molecule is COc1ccc2cc(CNS(=O)(=O)c3ccccc3)c(=O)[nH]c2c1. The number of pyridine rings is 1. The largest absolute Gasteiger partial charge is 0.497 e. The molecular formula is C17H16N2O4S. The van der Waals surface area contributed by atoms with Gasteiger partial charge in [0.05, 0.1) is 17.5 Å². The second-order valence-corrected chi connectivity index (χ2v) is 6.98. The number of aromatic nitrogens is 1. The molecule has 6 nitrogen and oxygen atoms in total. The third kappa shape index (κ3) is 3.32. The van der Waals surface area contributed by atoms with Gasteiger partial charge in [-0.15, -0.1) is 0 Å². The van der Waals surface area contributed by atoms with Crippen LogP contribution in [0.15, 0.2) is 64.3 Å². The summed E-state index contributed by atoms with van der Waals surface area (Å²) in [7, 11) is -2.11. The Morgan fingerprint density at radius 1 is 1.08 bits per heavy atom. The van der Waals surface area contributed by atoms with E-state index in [1.54, 1.807) is 49.6 Å². The van der Waals surface area contributed by atoms with Gasteiger partial charge in [0, 0.05) is 18.2 Å². The molecule has 3 rings (SSSR count). The lowest BCUT2D eigenvalue weighted by Crippen LogP contribution is -2.26. The van der Waals surface area contributed by atoms with Gasteiger partial charge in [-0.05, 0) is 35.7 Å². The molecule has 0 spiro atoms. The van der Waals surface area contributed by atoms with Crippen molar-refractivity contribution >= 4 is 20.9 Å². The predicted octanol–water partition coefficient (Wildman–Crippen LogP) is 2.02. The summed E-state index contributed by atoms with van der Waals surface area (Å²) < 4.78 is 32.0. The van der Waals surface area contributed by atoms with Crippen molar-refractivity contribution in [1.29, 1.82) is 0 Å². The Morgan fingerprint density at radius 2 is 1.83 bits per heavy atom. The van der Waals surface area contributed by atoms with Crippen LogP contribution in [-0.2, 0) is 16.6 Å². The summed E-state index contributed by atoms with van der Waals surface area (Å²) in [5.41, 5.74) is 0.632. The zero-order chi connectivity index (χ0) is 17.2. The number of hydrogen-bond acceptors (Lipinski definition) is 4. The van der Waals surface area contributed by atoms with Gasteiger partial charge < -0.3 is 9.72 Å². The van der Waals surface area contributed by atoms with E-state index in [-0.39, 0.29) is 17.0 Å². The summed E-state index contributed by atoms with van der Waals surface area (Å²) in [6.07, 6.45) is 0. The first-order valence-corrected chi connectivity index (χ1v) is 8.72. The molecule has 0 saturated heterocycles. The summed E-state index contributed by atoms with van der Waals surface area (Å²) in [5.74, 6) is 0.635. The van der Waals surface area contributed by atoms with E-state index in [4.69, 9.17) is 4.74 Å². The first-order chi connectivity index (χ1) is 11.5. The van der Waals surface area contributed by atoms with E-state index >= 15 is 0 Å². The van der Waals surface area contributed by atoms with E-state index < -0.39 is 10.0 Å². The van der Waals surface area contributed by atoms with E-state index in [2.05, 4.69) is 9.71 Å². The maximum atomic E-state index is 12.2. The van der Waals surface area contributed by atoms with Gasteiger partial charge in [0.15, 0.2) is 0 Å². The van der Waals surface area contributed by atoms with Crippen LogP contribution >= 0.6 is 0 Å². The minimum atomic E-state index is -3.66. The molecule has 0 aliphatic rings. The number of hydrogen-bond donors (Lipinski definition) is 2. The number of H-pyrrole nitrogens is 1. The van der Waals surface area contributed by atoms with Gasteiger partial charge in [0.2, 0.25) is 10.0 Å². The Morgan fingerprint density at radius 3 is 2.54 bits per heavy atom. The van der Waals surface area contributed by atoms with Crippen molar-refractivity contribution in [2.24, 2.45) is 0 Å². The first kappa shape index (κ1) is 16.2. The van der Waals surface area contributed by atoms with E-state index in [0.717, 1.165) is 5.39 Å². The molecule has 7 heteroatoms. The highest BCUT2D eigenvalue weighted by molar-refractivity contribution is 7.89. The van der Waals surface area contributed by atoms with Crippen molar-refractivity contribution in [3.05, 3.63) is 70.5 Å². The van der Waals surface area contributed by atoms with Gasteiger partial charge in [0.1, 0.15) is 5.75 Å². The molecule has 0 saturated carbocycles. The molecule has 0 aliphatic carbocycles. The molecule has 0 radical (unpaired) electrons. The zero-order valence-corrected chi connectivity index (χ0v) is 13.8. The van der Waals surface area contributed by atoms with Crippen LogP contribution in [0, 0.1) is 0 Å². The van der Waals surface area contributed by atoms with Crippen molar-refractivity contribution in [2.45, 2.75) is 11.4 Å². The fourth-order valence-corrected chi connectivity index (χ4v) is 3.37. The maximum absolute atomic E-state index is 12.2. The van der Waals surface area contributed by atoms with E-state index in [1.165, 1.54) is 12.1 Å². The zero-order valence-electron chi connectivity index (χ0n) is 12.9. The number of sulfonamides is 1. The molecule has 0 aliphatic heterocycles. The number of aromatic amines is 1. The lowest BCUT2D eigenvalue weighted by Gasteiger charge is -2.08. The fraction of sp³-hybridized carbons (Fsp3) is 0.118. The Hall–Kier alpha value is -2.64. The molecule has 0 fully saturated rings. The third-order valence-corrected chi connectivity index (χ3v) is 5.05. The number of methoxy groups -OCH3 is 1. The molecule has 1 aromatic heterocycles. The monoisotopic (exact) mass is 344 g/mol. The van der Waals surface area contributed by atoms with Crippen molar-refractivity contribution in [1.82, 2.24) is 9.71 Å². The first-order valence-electron chi connectivity index (χ1n) is 7.24. The summed E-state index contributed by atoms with van der Waals surface area (Å²) in [4.78, 5) is 15.1. The van der Waals surface area contributed by atoms with Crippen molar-refractivity contribution < 1.29 is 13.2 Å². The van der Waals surface area contributed by atoms with E-state index in [1.807, 2.05) is 0 Å². The third-order valence-electron chi connectivity index (χ3n) is 3.64. The van der Waals surface area contributed by atoms with Crippen molar-refractivity contribution in [2.75, 3.05) is 7.11 Å². The molecule has 0 atom stereocenters. The Bertz CT molecular complexity index is 1030. The number of nitrogens with one attached hydrogen (secondary N) is 2. The topological polar surface area (TPSA) is 88.3 Å². The minimum absolute atomic E-state index is 0.0888. The highest BCUT2D eigenvalue weighted by Crippen LogP contribution is 2.18. The van der Waals surface area contributed by atoms with Crippen LogP contribution in [-0.4, -0.2) is 20.5 Å². The Balaban J connectivity index is 1.88. The van der Waals surface area contributed by atoms with Gasteiger partial charge in [-0.2, -0.15) is 0 Å². The molecule has 2 aromatic carbocycles. The van der Waals surface area contributed by atoms with Gasteiger partial charge in [-0.25, -0.2) is 13.1 Å². The molecule has 0 bridgehead atoms. The molecule has 1 heterocycles. The Labute approximate surface area is 139 Å². The number of ether oxygens (including phenoxy) is 1. The Kier molecular flexibility index (Phi) is 4.37. The number of fused-ring (bicyclic) bond motifs is 1. The van der Waals surface area contributed by atoms with Gasteiger partial charge in [-0.1, -0.05) is 18.2 Å². The standard InChI is InChI=1S/C17H16N2O4S/c1-23-14-8-7-12-9-13(17(20)19-16(12)10-14)11-18-24(21,22)15-5-3-2-4-6-15/h2-10,18H,11H2,1H3,(H,19,20). The average Bonchev–Trinajstić information content (AvgIpc) is 2.60. The van der Waals surface area contributed by atoms with Gasteiger partial charge in [-0.3, -0.25) is 4.79 Å². The number of rotatable bonds is 5. The molecule has 0 unspecified atom stereocenters. The second-order valence-electron chi connectivity index (χ2n) is 5.21. The molecular weight excluding hydrogens is 328 g/mol. The summed E-state index contributed by atoms with van der Waals surface area (Å²) in [5, 5.41) is 0.796. The van der Waals surface area contributed by atoms with E-state index in [0.29, 0.717) is 16.8 Å². The average molecular weight is 344 g/mol. The van der Waals surface area contributed by atoms with Crippen LogP contribution < -0.4 is 15.0 Å². The predicted molar refractivity (Wildman–Crippen MR) is 91.6 cm³/mol. The normalized spacial score (nSPS) is 11.5. The molecule has 3 aromatic rings. The van der Waals surface area contributed by atoms with Gasteiger partial charge in [0.25, 0.3) is 5.56 Å². The van der Waals surface area contributed by atoms with Crippen LogP contribution in [0.3, 0.4) is 0 Å². The fourth-order valence-electron chi connectivity index (χ4n) is 2.34. The molecule has 124 valence electrons. The van der Waals surface area contributed by atoms with Crippen LogP contribution in [0.2, 0.25) is 0 Å². The molecule has 0 amide bonds. The summed E-state index contributed by atoms with van der Waals surface area (Å²) >= 11 is 0.